The fourth-order valence-electron chi connectivity index (χ4n) is 3.01. The lowest BCUT2D eigenvalue weighted by atomic mass is 10.1. The fraction of sp³-hybridized carbons (Fsp3) is 0. The molecule has 0 unspecified atom stereocenters. The molecule has 0 N–H and O–H groups in total. The summed E-state index contributed by atoms with van der Waals surface area (Å²) in [6, 6.07) is 18.0. The van der Waals surface area contributed by atoms with Gasteiger partial charge in [-0.2, -0.15) is 0 Å². The largest absolute Gasteiger partial charge is 0.452 e. The van der Waals surface area contributed by atoms with Gasteiger partial charge < -0.3 is 4.42 Å². The molecule has 0 saturated heterocycles. The van der Waals surface area contributed by atoms with Crippen molar-refractivity contribution < 1.29 is 4.42 Å². The van der Waals surface area contributed by atoms with Crippen molar-refractivity contribution in [3.8, 4) is 11.3 Å². The molecular formula is C19H11N3O. The lowest BCUT2D eigenvalue weighted by Gasteiger charge is -2.05. The molecule has 5 aromatic rings. The third-order valence-electron chi connectivity index (χ3n) is 4.05. The van der Waals surface area contributed by atoms with Gasteiger partial charge >= 0.3 is 0 Å². The average Bonchev–Trinajstić information content (AvgIpc) is 3.00. The first-order valence-electron chi connectivity index (χ1n) is 7.38. The van der Waals surface area contributed by atoms with Crippen LogP contribution in [0.25, 0.3) is 44.2 Å². The molecule has 23 heavy (non-hydrogen) atoms. The molecule has 2 aromatic carbocycles. The quantitative estimate of drug-likeness (QED) is 0.454. The van der Waals surface area contributed by atoms with E-state index in [0.29, 0.717) is 5.58 Å². The number of hydrogen-bond acceptors (Lipinski definition) is 4. The van der Waals surface area contributed by atoms with Gasteiger partial charge in [-0.15, -0.1) is 0 Å². The standard InChI is InChI=1S/C19H11N3O/c1-2-9-15-13(7-1)17-19(23-15)18(22-11-21-17)14-8-3-5-12-6-4-10-20-16(12)14/h1-11H. The van der Waals surface area contributed by atoms with Crippen LogP contribution in [0.4, 0.5) is 0 Å². The highest BCUT2D eigenvalue weighted by Gasteiger charge is 2.16. The van der Waals surface area contributed by atoms with Gasteiger partial charge in [-0.1, -0.05) is 36.4 Å². The van der Waals surface area contributed by atoms with E-state index in [4.69, 9.17) is 4.42 Å². The van der Waals surface area contributed by atoms with E-state index >= 15 is 0 Å². The predicted molar refractivity (Wildman–Crippen MR) is 90.0 cm³/mol. The summed E-state index contributed by atoms with van der Waals surface area (Å²) >= 11 is 0. The van der Waals surface area contributed by atoms with Crippen LogP contribution in [0.15, 0.2) is 71.5 Å². The Balaban J connectivity index is 1.93. The summed E-state index contributed by atoms with van der Waals surface area (Å²) in [5.74, 6) is 0. The van der Waals surface area contributed by atoms with Crippen LogP contribution in [0, 0.1) is 0 Å². The molecule has 3 heterocycles. The Morgan fingerprint density at radius 2 is 1.65 bits per heavy atom. The molecule has 0 radical (unpaired) electrons. The zero-order valence-corrected chi connectivity index (χ0v) is 12.1. The van der Waals surface area contributed by atoms with Crippen LogP contribution in [-0.4, -0.2) is 15.0 Å². The maximum Gasteiger partial charge on any atom is 0.180 e. The Hall–Kier alpha value is -3.27. The summed E-state index contributed by atoms with van der Waals surface area (Å²) < 4.78 is 6.03. The Bertz CT molecular complexity index is 1170. The molecule has 4 heteroatoms. The number of fused-ring (bicyclic) bond motifs is 4. The van der Waals surface area contributed by atoms with Crippen molar-refractivity contribution in [1.29, 1.82) is 0 Å². The minimum atomic E-state index is 0.701. The summed E-state index contributed by atoms with van der Waals surface area (Å²) in [5, 5.41) is 2.08. The van der Waals surface area contributed by atoms with Crippen LogP contribution >= 0.6 is 0 Å². The van der Waals surface area contributed by atoms with E-state index in [2.05, 4.69) is 15.0 Å². The number of aromatic nitrogens is 3. The zero-order chi connectivity index (χ0) is 15.2. The van der Waals surface area contributed by atoms with Crippen LogP contribution in [0.2, 0.25) is 0 Å². The number of para-hydroxylation sites is 2. The lowest BCUT2D eigenvalue weighted by molar-refractivity contribution is 0.667. The molecule has 108 valence electrons. The monoisotopic (exact) mass is 297 g/mol. The third kappa shape index (κ3) is 1.75. The van der Waals surface area contributed by atoms with Crippen molar-refractivity contribution in [2.24, 2.45) is 0 Å². The topological polar surface area (TPSA) is 51.8 Å². The van der Waals surface area contributed by atoms with E-state index in [1.807, 2.05) is 54.6 Å². The number of hydrogen-bond donors (Lipinski definition) is 0. The highest BCUT2D eigenvalue weighted by Crippen LogP contribution is 2.34. The molecule has 0 fully saturated rings. The fourth-order valence-corrected chi connectivity index (χ4v) is 3.01. The summed E-state index contributed by atoms with van der Waals surface area (Å²) in [7, 11) is 0. The number of furan rings is 1. The second-order valence-electron chi connectivity index (χ2n) is 5.38. The summed E-state index contributed by atoms with van der Waals surface area (Å²) in [5.41, 5.74) is 4.99. The van der Waals surface area contributed by atoms with Gasteiger partial charge in [-0.3, -0.25) is 4.98 Å². The summed E-state index contributed by atoms with van der Waals surface area (Å²) in [6.07, 6.45) is 3.38. The predicted octanol–water partition coefficient (Wildman–Crippen LogP) is 4.59. The molecule has 0 aliphatic carbocycles. The van der Waals surface area contributed by atoms with Crippen LogP contribution < -0.4 is 0 Å². The molecule has 5 rings (SSSR count). The Morgan fingerprint density at radius 1 is 0.739 bits per heavy atom. The molecule has 0 bridgehead atoms. The second-order valence-corrected chi connectivity index (χ2v) is 5.38. The van der Waals surface area contributed by atoms with Gasteiger partial charge in [-0.25, -0.2) is 9.97 Å². The van der Waals surface area contributed by atoms with Crippen molar-refractivity contribution in [3.05, 3.63) is 67.1 Å². The lowest BCUT2D eigenvalue weighted by Crippen LogP contribution is -1.89. The maximum absolute atomic E-state index is 6.03. The molecule has 0 spiro atoms. The van der Waals surface area contributed by atoms with E-state index in [-0.39, 0.29) is 0 Å². The molecule has 0 atom stereocenters. The van der Waals surface area contributed by atoms with E-state index in [1.54, 1.807) is 12.5 Å². The smallest absolute Gasteiger partial charge is 0.180 e. The molecule has 4 nitrogen and oxygen atoms in total. The normalized spacial score (nSPS) is 11.5. The van der Waals surface area contributed by atoms with Crippen LogP contribution in [-0.2, 0) is 0 Å². The van der Waals surface area contributed by atoms with E-state index in [0.717, 1.165) is 38.6 Å². The van der Waals surface area contributed by atoms with E-state index in [9.17, 15) is 0 Å². The summed E-state index contributed by atoms with van der Waals surface area (Å²) in [4.78, 5) is 13.4. The van der Waals surface area contributed by atoms with Gasteiger partial charge in [0.25, 0.3) is 0 Å². The first-order chi connectivity index (χ1) is 11.4. The minimum Gasteiger partial charge on any atom is -0.452 e. The number of pyridine rings is 1. The highest BCUT2D eigenvalue weighted by molar-refractivity contribution is 6.08. The molecule has 0 aliphatic heterocycles. The third-order valence-corrected chi connectivity index (χ3v) is 4.05. The molecule has 3 aromatic heterocycles. The molecule has 0 aliphatic rings. The second kappa shape index (κ2) is 4.61. The van der Waals surface area contributed by atoms with Crippen molar-refractivity contribution >= 4 is 33.0 Å². The number of rotatable bonds is 1. The average molecular weight is 297 g/mol. The minimum absolute atomic E-state index is 0.701. The molecule has 0 saturated carbocycles. The van der Waals surface area contributed by atoms with E-state index < -0.39 is 0 Å². The van der Waals surface area contributed by atoms with Gasteiger partial charge in [0.1, 0.15) is 23.1 Å². The van der Waals surface area contributed by atoms with Gasteiger partial charge in [0.05, 0.1) is 5.52 Å². The molecule has 0 amide bonds. The van der Waals surface area contributed by atoms with Crippen LogP contribution in [0.5, 0.6) is 0 Å². The Morgan fingerprint density at radius 3 is 2.65 bits per heavy atom. The van der Waals surface area contributed by atoms with Gasteiger partial charge in [0.15, 0.2) is 5.58 Å². The van der Waals surface area contributed by atoms with Crippen molar-refractivity contribution in [3.63, 3.8) is 0 Å². The van der Waals surface area contributed by atoms with Crippen molar-refractivity contribution in [2.75, 3.05) is 0 Å². The van der Waals surface area contributed by atoms with E-state index in [1.165, 1.54) is 0 Å². The first-order valence-corrected chi connectivity index (χ1v) is 7.38. The van der Waals surface area contributed by atoms with Crippen LogP contribution in [0.1, 0.15) is 0 Å². The zero-order valence-electron chi connectivity index (χ0n) is 12.1. The van der Waals surface area contributed by atoms with Crippen molar-refractivity contribution in [2.45, 2.75) is 0 Å². The van der Waals surface area contributed by atoms with Crippen molar-refractivity contribution in [1.82, 2.24) is 15.0 Å². The Kier molecular flexibility index (Phi) is 2.46. The van der Waals surface area contributed by atoms with Gasteiger partial charge in [0, 0.05) is 22.5 Å². The van der Waals surface area contributed by atoms with Crippen LogP contribution in [0.3, 0.4) is 0 Å². The first kappa shape index (κ1) is 12.3. The van der Waals surface area contributed by atoms with Gasteiger partial charge in [0.2, 0.25) is 0 Å². The molecular weight excluding hydrogens is 286 g/mol. The highest BCUT2D eigenvalue weighted by atomic mass is 16.3. The number of nitrogens with zero attached hydrogens (tertiary/aromatic N) is 3. The summed E-state index contributed by atoms with van der Waals surface area (Å²) in [6.45, 7) is 0. The van der Waals surface area contributed by atoms with Gasteiger partial charge in [-0.05, 0) is 18.2 Å². The Labute approximate surface area is 131 Å². The maximum atomic E-state index is 6.03. The number of benzene rings is 2. The SMILES string of the molecule is c1cnc2c(-c3ncnc4c3oc3ccccc34)cccc2c1.